The Balaban J connectivity index is 0. The summed E-state index contributed by atoms with van der Waals surface area (Å²) < 4.78 is 0. The smallest absolute Gasteiger partial charge is 0.417 e. The summed E-state index contributed by atoms with van der Waals surface area (Å²) >= 11 is 0. The molecule has 0 aromatic rings. The first-order chi connectivity index (χ1) is 2.77. The van der Waals surface area contributed by atoms with Crippen molar-refractivity contribution >= 4 is 6.09 Å². The van der Waals surface area contributed by atoms with Crippen LogP contribution >= 0.6 is 0 Å². The van der Waals surface area contributed by atoms with E-state index in [0.29, 0.717) is 0 Å². The lowest BCUT2D eigenvalue weighted by molar-refractivity contribution is 0.199. The fourth-order valence-corrected chi connectivity index (χ4v) is 0.0478. The van der Waals surface area contributed by atoms with Gasteiger partial charge in [-0.1, -0.05) is 7.43 Å². The molecular formula is C3H6N2O2. The second-order valence-corrected chi connectivity index (χ2v) is 0.542. The normalized spacial score (nSPS) is 5.00. The Morgan fingerprint density at radius 2 is 2.29 bits per heavy atom. The molecule has 4 heteroatoms. The highest BCUT2D eigenvalue weighted by atomic mass is 16.4. The maximum Gasteiger partial charge on any atom is 0.417 e. The molecule has 0 aromatic heterocycles. The van der Waals surface area contributed by atoms with Crippen LogP contribution in [0.25, 0.3) is 0 Å². The Labute approximate surface area is 41.4 Å². The molecule has 0 radical (unpaired) electrons. The van der Waals surface area contributed by atoms with Gasteiger partial charge in [-0.3, -0.25) is 0 Å². The molecule has 0 heterocycles. The van der Waals surface area contributed by atoms with Crippen molar-refractivity contribution in [1.82, 2.24) is 5.32 Å². The lowest BCUT2D eigenvalue weighted by atomic mass is 11.1. The average Bonchev–Trinajstić information content (AvgIpc) is 1.35. The zero-order valence-corrected chi connectivity index (χ0v) is 2.80. The highest BCUT2D eigenvalue weighted by molar-refractivity contribution is 5.66. The molecule has 0 atom stereocenters. The van der Waals surface area contributed by atoms with Crippen LogP contribution in [0.2, 0.25) is 0 Å². The number of nitriles is 1. The van der Waals surface area contributed by atoms with Gasteiger partial charge in [0.15, 0.2) is 6.19 Å². The minimum atomic E-state index is -1.32. The molecule has 0 fully saturated rings. The van der Waals surface area contributed by atoms with Crippen molar-refractivity contribution in [3.05, 3.63) is 0 Å². The van der Waals surface area contributed by atoms with E-state index in [1.54, 1.807) is 0 Å². The van der Waals surface area contributed by atoms with E-state index in [0.717, 1.165) is 0 Å². The quantitative estimate of drug-likeness (QED) is 0.343. The lowest BCUT2D eigenvalue weighted by Gasteiger charge is -1.75. The molecule has 1 amide bonds. The first-order valence-corrected chi connectivity index (χ1v) is 1.15. The first-order valence-electron chi connectivity index (χ1n) is 1.15. The zero-order valence-electron chi connectivity index (χ0n) is 2.80. The Bertz CT molecular complexity index is 93.6. The van der Waals surface area contributed by atoms with E-state index in [1.807, 2.05) is 0 Å². The van der Waals surface area contributed by atoms with Crippen LogP contribution < -0.4 is 5.32 Å². The number of carboxylic acid groups (broad SMARTS) is 1. The van der Waals surface area contributed by atoms with Gasteiger partial charge in [-0.2, -0.15) is 5.26 Å². The van der Waals surface area contributed by atoms with Crippen molar-refractivity contribution in [3.63, 3.8) is 0 Å². The molecule has 0 spiro atoms. The van der Waals surface area contributed by atoms with Gasteiger partial charge in [-0.15, -0.1) is 0 Å². The van der Waals surface area contributed by atoms with Crippen molar-refractivity contribution in [1.29, 1.82) is 5.26 Å². The maximum atomic E-state index is 9.27. The summed E-state index contributed by atoms with van der Waals surface area (Å²) in [4.78, 5) is 9.27. The van der Waals surface area contributed by atoms with Gasteiger partial charge < -0.3 is 5.11 Å². The Morgan fingerprint density at radius 1 is 1.86 bits per heavy atom. The van der Waals surface area contributed by atoms with Gasteiger partial charge in [0.2, 0.25) is 0 Å². The van der Waals surface area contributed by atoms with Crippen LogP contribution in [0.5, 0.6) is 0 Å². The number of carbonyl (C=O) groups is 1. The van der Waals surface area contributed by atoms with Crippen LogP contribution in [0.1, 0.15) is 7.43 Å². The fourth-order valence-electron chi connectivity index (χ4n) is 0.0478. The summed E-state index contributed by atoms with van der Waals surface area (Å²) in [5.74, 6) is 0. The minimum Gasteiger partial charge on any atom is -0.464 e. The van der Waals surface area contributed by atoms with Crippen LogP contribution in [0.15, 0.2) is 0 Å². The lowest BCUT2D eigenvalue weighted by Crippen LogP contribution is -2.12. The highest BCUT2D eigenvalue weighted by Crippen LogP contribution is 1.49. The fraction of sp³-hybridized carbons (Fsp3) is 0.333. The van der Waals surface area contributed by atoms with Crippen molar-refractivity contribution < 1.29 is 9.90 Å². The molecule has 0 saturated heterocycles. The van der Waals surface area contributed by atoms with Gasteiger partial charge in [-0.25, -0.2) is 10.1 Å². The van der Waals surface area contributed by atoms with Crippen LogP contribution in [0.3, 0.4) is 0 Å². The molecule has 7 heavy (non-hydrogen) atoms. The largest absolute Gasteiger partial charge is 0.464 e. The molecule has 4 nitrogen and oxygen atoms in total. The SMILES string of the molecule is C.N#CNC(=O)O. The van der Waals surface area contributed by atoms with Crippen molar-refractivity contribution in [2.75, 3.05) is 0 Å². The van der Waals surface area contributed by atoms with Crippen molar-refractivity contribution in [2.24, 2.45) is 0 Å². The van der Waals surface area contributed by atoms with E-state index >= 15 is 0 Å². The Hall–Kier alpha value is -1.24. The molecule has 40 valence electrons. The van der Waals surface area contributed by atoms with Gasteiger partial charge in [0.05, 0.1) is 0 Å². The zero-order chi connectivity index (χ0) is 4.99. The predicted molar refractivity (Wildman–Crippen MR) is 23.5 cm³/mol. The number of rotatable bonds is 0. The molecule has 0 rings (SSSR count). The van der Waals surface area contributed by atoms with Crippen LogP contribution in [0.4, 0.5) is 4.79 Å². The highest BCUT2D eigenvalue weighted by Gasteiger charge is 1.83. The van der Waals surface area contributed by atoms with Crippen molar-refractivity contribution in [2.45, 2.75) is 7.43 Å². The third-order valence-electron chi connectivity index (χ3n) is 0.163. The monoisotopic (exact) mass is 102 g/mol. The predicted octanol–water partition coefficient (Wildman–Crippen LogP) is 0.371. The van der Waals surface area contributed by atoms with Gasteiger partial charge in [-0.05, 0) is 0 Å². The average molecular weight is 102 g/mol. The van der Waals surface area contributed by atoms with Crippen LogP contribution in [-0.4, -0.2) is 11.2 Å². The second kappa shape index (κ2) is 4.76. The summed E-state index contributed by atoms with van der Waals surface area (Å²) in [7, 11) is 0. The molecule has 0 unspecified atom stereocenters. The van der Waals surface area contributed by atoms with E-state index in [9.17, 15) is 4.79 Å². The van der Waals surface area contributed by atoms with Crippen molar-refractivity contribution in [3.8, 4) is 6.19 Å². The molecule has 0 aliphatic carbocycles. The molecule has 0 aliphatic heterocycles. The minimum absolute atomic E-state index is 0. The summed E-state index contributed by atoms with van der Waals surface area (Å²) in [5, 5.41) is 16.5. The summed E-state index contributed by atoms with van der Waals surface area (Å²) in [5.41, 5.74) is 0. The van der Waals surface area contributed by atoms with E-state index in [1.165, 1.54) is 11.5 Å². The van der Waals surface area contributed by atoms with Gasteiger partial charge in [0.25, 0.3) is 0 Å². The molecule has 0 saturated carbocycles. The Morgan fingerprint density at radius 3 is 2.29 bits per heavy atom. The molecular weight excluding hydrogens is 96.0 g/mol. The number of amides is 1. The van der Waals surface area contributed by atoms with Crippen LogP contribution in [0, 0.1) is 11.5 Å². The standard InChI is InChI=1S/C2H2N2O2.CH4/c3-1-4-2(5)6;/h4H,(H,5,6);1H4. The number of nitrogens with zero attached hydrogens (tertiary/aromatic N) is 1. The van der Waals surface area contributed by atoms with Gasteiger partial charge >= 0.3 is 6.09 Å². The molecule has 2 N–H and O–H groups in total. The Kier molecular flexibility index (Phi) is 6.28. The maximum absolute atomic E-state index is 9.27. The third-order valence-corrected chi connectivity index (χ3v) is 0.163. The number of nitrogens with one attached hydrogen (secondary N) is 1. The topological polar surface area (TPSA) is 73.1 Å². The summed E-state index contributed by atoms with van der Waals surface area (Å²) in [6.45, 7) is 0. The summed E-state index contributed by atoms with van der Waals surface area (Å²) in [6.07, 6.45) is -0.104. The van der Waals surface area contributed by atoms with Crippen LogP contribution in [-0.2, 0) is 0 Å². The van der Waals surface area contributed by atoms with E-state index in [2.05, 4.69) is 0 Å². The third kappa shape index (κ3) is 11.7. The van der Waals surface area contributed by atoms with E-state index in [4.69, 9.17) is 10.4 Å². The van der Waals surface area contributed by atoms with E-state index < -0.39 is 6.09 Å². The second-order valence-electron chi connectivity index (χ2n) is 0.542. The van der Waals surface area contributed by atoms with E-state index in [-0.39, 0.29) is 7.43 Å². The summed E-state index contributed by atoms with van der Waals surface area (Å²) in [6, 6.07) is 0. The molecule has 0 aliphatic rings. The number of hydrogen-bond acceptors (Lipinski definition) is 2. The van der Waals surface area contributed by atoms with Gasteiger partial charge in [0, 0.05) is 0 Å². The molecule has 0 bridgehead atoms. The number of hydrogen-bond donors (Lipinski definition) is 2. The molecule has 0 aromatic carbocycles. The first kappa shape index (κ1) is 9.23. The van der Waals surface area contributed by atoms with Gasteiger partial charge in [0.1, 0.15) is 0 Å².